The van der Waals surface area contributed by atoms with Gasteiger partial charge in [0.05, 0.1) is 9.79 Å². The molecular weight excluding hydrogens is 228 g/mol. The fraction of sp³-hybridized carbons (Fsp3) is 0.200. The maximum absolute atomic E-state index is 5.94. The van der Waals surface area contributed by atoms with E-state index in [0.29, 0.717) is 0 Å². The van der Waals surface area contributed by atoms with Gasteiger partial charge in [0.2, 0.25) is 0 Å². The van der Waals surface area contributed by atoms with Crippen LogP contribution < -0.4 is 4.74 Å². The molecule has 0 bridgehead atoms. The molecule has 1 nitrogen and oxygen atoms in total. The summed E-state index contributed by atoms with van der Waals surface area (Å²) in [5.41, 5.74) is 2.59. The molecule has 0 aromatic heterocycles. The number of hydrogen-bond acceptors (Lipinski definition) is 2. The first-order valence-corrected chi connectivity index (χ1v) is 6.67. The Morgan fingerprint density at radius 3 is 2.71 bits per heavy atom. The molecule has 3 rings (SSSR count). The number of aryl methyl sites for hydroxylation is 2. The maximum atomic E-state index is 5.94. The molecular formula is C15H14OS. The Balaban J connectivity index is 2.04. The predicted octanol–water partition coefficient (Wildman–Crippen LogP) is 4.81. The Hall–Kier alpha value is -1.41. The summed E-state index contributed by atoms with van der Waals surface area (Å²) in [6.07, 6.45) is 1.06. The van der Waals surface area contributed by atoms with Crippen molar-refractivity contribution in [3.05, 3.63) is 47.5 Å². The van der Waals surface area contributed by atoms with Crippen LogP contribution in [0.4, 0.5) is 0 Å². The Morgan fingerprint density at radius 2 is 1.88 bits per heavy atom. The number of hydrogen-bond donors (Lipinski definition) is 0. The maximum Gasteiger partial charge on any atom is 0.141 e. The monoisotopic (exact) mass is 242 g/mol. The van der Waals surface area contributed by atoms with Crippen molar-refractivity contribution in [2.45, 2.75) is 30.1 Å². The average Bonchev–Trinajstić information content (AvgIpc) is 2.35. The molecule has 1 heterocycles. The molecule has 17 heavy (non-hydrogen) atoms. The van der Waals surface area contributed by atoms with Crippen molar-refractivity contribution in [1.82, 2.24) is 0 Å². The van der Waals surface area contributed by atoms with Crippen LogP contribution in [0.5, 0.6) is 11.5 Å². The summed E-state index contributed by atoms with van der Waals surface area (Å²) < 4.78 is 5.94. The zero-order valence-corrected chi connectivity index (χ0v) is 10.8. The number of fused-ring (bicyclic) bond motifs is 2. The first-order valence-electron chi connectivity index (χ1n) is 5.85. The van der Waals surface area contributed by atoms with Gasteiger partial charge in [0.1, 0.15) is 11.5 Å². The third-order valence-electron chi connectivity index (χ3n) is 2.96. The first-order chi connectivity index (χ1) is 8.26. The third-order valence-corrected chi connectivity index (χ3v) is 4.05. The van der Waals surface area contributed by atoms with Gasteiger partial charge < -0.3 is 4.74 Å². The van der Waals surface area contributed by atoms with Crippen LogP contribution in [0.1, 0.15) is 18.1 Å². The van der Waals surface area contributed by atoms with Crippen LogP contribution in [0, 0.1) is 6.92 Å². The molecule has 0 amide bonds. The van der Waals surface area contributed by atoms with Crippen LogP contribution >= 0.6 is 11.8 Å². The van der Waals surface area contributed by atoms with Crippen molar-refractivity contribution in [2.75, 3.05) is 0 Å². The summed E-state index contributed by atoms with van der Waals surface area (Å²) in [7, 11) is 0. The van der Waals surface area contributed by atoms with Crippen LogP contribution in [0.15, 0.2) is 46.2 Å². The highest BCUT2D eigenvalue weighted by Crippen LogP contribution is 2.47. The van der Waals surface area contributed by atoms with E-state index in [1.807, 2.05) is 0 Å². The summed E-state index contributed by atoms with van der Waals surface area (Å²) in [6, 6.07) is 12.8. The van der Waals surface area contributed by atoms with Crippen LogP contribution in [0.2, 0.25) is 0 Å². The number of benzene rings is 2. The van der Waals surface area contributed by atoms with E-state index in [9.17, 15) is 0 Å². The lowest BCUT2D eigenvalue weighted by atomic mass is 10.1. The lowest BCUT2D eigenvalue weighted by molar-refractivity contribution is 0.454. The van der Waals surface area contributed by atoms with Crippen molar-refractivity contribution in [3.8, 4) is 11.5 Å². The number of rotatable bonds is 1. The van der Waals surface area contributed by atoms with E-state index in [-0.39, 0.29) is 0 Å². The SMILES string of the molecule is CCc1ccc2c(c1)Sc1ccc(C)cc1O2. The lowest BCUT2D eigenvalue weighted by Crippen LogP contribution is -1.96. The molecule has 2 aromatic rings. The third kappa shape index (κ3) is 1.93. The largest absolute Gasteiger partial charge is 0.455 e. The van der Waals surface area contributed by atoms with Crippen molar-refractivity contribution in [3.63, 3.8) is 0 Å². The summed E-state index contributed by atoms with van der Waals surface area (Å²) in [5, 5.41) is 0. The summed E-state index contributed by atoms with van der Waals surface area (Å²) in [5.74, 6) is 1.96. The van der Waals surface area contributed by atoms with Crippen LogP contribution in [0.3, 0.4) is 0 Å². The van der Waals surface area contributed by atoms with Gasteiger partial charge in [0, 0.05) is 0 Å². The van der Waals surface area contributed by atoms with Crippen molar-refractivity contribution >= 4 is 11.8 Å². The second-order valence-electron chi connectivity index (χ2n) is 4.29. The van der Waals surface area contributed by atoms with E-state index in [4.69, 9.17) is 4.74 Å². The van der Waals surface area contributed by atoms with Gasteiger partial charge in [-0.2, -0.15) is 0 Å². The Labute approximate surface area is 106 Å². The highest BCUT2D eigenvalue weighted by Gasteiger charge is 2.17. The highest BCUT2D eigenvalue weighted by molar-refractivity contribution is 7.99. The average molecular weight is 242 g/mol. The first kappa shape index (κ1) is 10.7. The van der Waals surface area contributed by atoms with Crippen LogP contribution in [-0.4, -0.2) is 0 Å². The Bertz CT molecular complexity index is 575. The summed E-state index contributed by atoms with van der Waals surface area (Å²) in [4.78, 5) is 2.43. The van der Waals surface area contributed by atoms with Gasteiger partial charge in [-0.1, -0.05) is 30.8 Å². The topological polar surface area (TPSA) is 9.23 Å². The standard InChI is InChI=1S/C15H14OS/c1-3-11-5-6-12-15(9-11)17-14-7-4-10(2)8-13(14)16-12/h4-9H,3H2,1-2H3. The van der Waals surface area contributed by atoms with E-state index >= 15 is 0 Å². The van der Waals surface area contributed by atoms with Gasteiger partial charge in [-0.25, -0.2) is 0 Å². The number of ether oxygens (including phenoxy) is 1. The normalized spacial score (nSPS) is 12.6. The second-order valence-corrected chi connectivity index (χ2v) is 5.37. The molecule has 0 aliphatic carbocycles. The molecule has 1 aliphatic heterocycles. The second kappa shape index (κ2) is 4.11. The van der Waals surface area contributed by atoms with Gasteiger partial charge in [-0.15, -0.1) is 0 Å². The Kier molecular flexibility index (Phi) is 2.60. The van der Waals surface area contributed by atoms with E-state index in [0.717, 1.165) is 17.9 Å². The van der Waals surface area contributed by atoms with Crippen LogP contribution in [0.25, 0.3) is 0 Å². The van der Waals surface area contributed by atoms with Gasteiger partial charge in [0.25, 0.3) is 0 Å². The molecule has 0 atom stereocenters. The van der Waals surface area contributed by atoms with Gasteiger partial charge in [-0.3, -0.25) is 0 Å². The van der Waals surface area contributed by atoms with Crippen molar-refractivity contribution in [1.29, 1.82) is 0 Å². The smallest absolute Gasteiger partial charge is 0.141 e. The van der Waals surface area contributed by atoms with Gasteiger partial charge in [0.15, 0.2) is 0 Å². The van der Waals surface area contributed by atoms with E-state index in [2.05, 4.69) is 50.2 Å². The molecule has 0 fully saturated rings. The molecule has 0 saturated carbocycles. The lowest BCUT2D eigenvalue weighted by Gasteiger charge is -2.20. The van der Waals surface area contributed by atoms with Crippen molar-refractivity contribution < 1.29 is 4.74 Å². The van der Waals surface area contributed by atoms with E-state index in [1.54, 1.807) is 11.8 Å². The molecule has 0 saturated heterocycles. The fourth-order valence-corrected chi connectivity index (χ4v) is 2.95. The molecule has 0 N–H and O–H groups in total. The van der Waals surface area contributed by atoms with Gasteiger partial charge in [-0.05, 0) is 48.7 Å². The molecule has 2 heteroatoms. The molecule has 2 aromatic carbocycles. The van der Waals surface area contributed by atoms with Crippen molar-refractivity contribution in [2.24, 2.45) is 0 Å². The zero-order chi connectivity index (χ0) is 11.8. The minimum Gasteiger partial charge on any atom is -0.455 e. The minimum absolute atomic E-state index is 0.977. The predicted molar refractivity (Wildman–Crippen MR) is 71.2 cm³/mol. The van der Waals surface area contributed by atoms with Gasteiger partial charge >= 0.3 is 0 Å². The van der Waals surface area contributed by atoms with E-state index < -0.39 is 0 Å². The fourth-order valence-electron chi connectivity index (χ4n) is 1.95. The molecule has 1 aliphatic rings. The summed E-state index contributed by atoms with van der Waals surface area (Å²) in [6.45, 7) is 4.26. The molecule has 0 unspecified atom stereocenters. The molecule has 0 radical (unpaired) electrons. The zero-order valence-electron chi connectivity index (χ0n) is 9.99. The summed E-state index contributed by atoms with van der Waals surface area (Å²) >= 11 is 1.80. The molecule has 86 valence electrons. The quantitative estimate of drug-likeness (QED) is 0.605. The molecule has 0 spiro atoms. The Morgan fingerprint density at radius 1 is 1.00 bits per heavy atom. The highest BCUT2D eigenvalue weighted by atomic mass is 32.2. The minimum atomic E-state index is 0.977. The van der Waals surface area contributed by atoms with Crippen LogP contribution in [-0.2, 0) is 6.42 Å². The van der Waals surface area contributed by atoms with E-state index in [1.165, 1.54) is 20.9 Å².